The molecule has 1 aliphatic rings. The van der Waals surface area contributed by atoms with E-state index in [1.165, 1.54) is 0 Å². The summed E-state index contributed by atoms with van der Waals surface area (Å²) in [6.45, 7) is 3.02. The van der Waals surface area contributed by atoms with Crippen molar-refractivity contribution >= 4 is 0 Å². The van der Waals surface area contributed by atoms with Gasteiger partial charge in [-0.2, -0.15) is 5.26 Å². The van der Waals surface area contributed by atoms with E-state index in [0.29, 0.717) is 0 Å². The molecular formula is C9H16N2O. The number of hydrogen-bond donors (Lipinski definition) is 1. The highest BCUT2D eigenvalue weighted by Gasteiger charge is 2.44. The summed E-state index contributed by atoms with van der Waals surface area (Å²) >= 11 is 0. The Balaban J connectivity index is 2.32. The third-order valence-corrected chi connectivity index (χ3v) is 2.41. The molecule has 0 aromatic rings. The molecular weight excluding hydrogens is 152 g/mol. The molecule has 0 radical (unpaired) electrons. The van der Waals surface area contributed by atoms with E-state index in [0.717, 1.165) is 25.8 Å². The van der Waals surface area contributed by atoms with Crippen molar-refractivity contribution in [3.8, 4) is 6.07 Å². The quantitative estimate of drug-likeness (QED) is 0.682. The molecule has 0 saturated heterocycles. The minimum Gasteiger partial charge on any atom is -0.381 e. The van der Waals surface area contributed by atoms with Crippen molar-refractivity contribution in [2.24, 2.45) is 0 Å². The molecule has 0 heterocycles. The topological polar surface area (TPSA) is 45.0 Å². The smallest absolute Gasteiger partial charge is 0.111 e. The number of methoxy groups -OCH3 is 1. The van der Waals surface area contributed by atoms with Crippen LogP contribution in [-0.2, 0) is 4.74 Å². The molecule has 68 valence electrons. The SMILES string of the molecule is CCCNC1(C#N)CC(OC)C1. The molecule has 1 rings (SSSR count). The van der Waals surface area contributed by atoms with Crippen LogP contribution in [0.15, 0.2) is 0 Å². The maximum absolute atomic E-state index is 8.91. The Morgan fingerprint density at radius 2 is 2.33 bits per heavy atom. The highest BCUT2D eigenvalue weighted by Crippen LogP contribution is 2.33. The number of nitriles is 1. The molecule has 0 unspecified atom stereocenters. The van der Waals surface area contributed by atoms with Crippen LogP contribution in [0.5, 0.6) is 0 Å². The molecule has 0 bridgehead atoms. The lowest BCUT2D eigenvalue weighted by molar-refractivity contribution is -0.00740. The molecule has 0 amide bonds. The van der Waals surface area contributed by atoms with Gasteiger partial charge in [-0.05, 0) is 13.0 Å². The summed E-state index contributed by atoms with van der Waals surface area (Å²) in [6.07, 6.45) is 3.02. The molecule has 0 aromatic heterocycles. The van der Waals surface area contributed by atoms with Crippen LogP contribution in [0.3, 0.4) is 0 Å². The van der Waals surface area contributed by atoms with E-state index in [-0.39, 0.29) is 11.6 Å². The van der Waals surface area contributed by atoms with E-state index < -0.39 is 0 Å². The second kappa shape index (κ2) is 3.88. The second-order valence-electron chi connectivity index (χ2n) is 3.39. The monoisotopic (exact) mass is 168 g/mol. The van der Waals surface area contributed by atoms with Gasteiger partial charge in [0.2, 0.25) is 0 Å². The van der Waals surface area contributed by atoms with E-state index in [1.807, 2.05) is 0 Å². The van der Waals surface area contributed by atoms with Crippen LogP contribution in [0.4, 0.5) is 0 Å². The zero-order valence-corrected chi connectivity index (χ0v) is 7.76. The first-order chi connectivity index (χ1) is 5.76. The van der Waals surface area contributed by atoms with Crippen LogP contribution in [0.1, 0.15) is 26.2 Å². The first-order valence-corrected chi connectivity index (χ1v) is 4.45. The lowest BCUT2D eigenvalue weighted by Crippen LogP contribution is -2.57. The molecule has 0 atom stereocenters. The maximum atomic E-state index is 8.91. The van der Waals surface area contributed by atoms with Crippen LogP contribution in [0, 0.1) is 11.3 Å². The summed E-state index contributed by atoms with van der Waals surface area (Å²) in [7, 11) is 1.70. The zero-order chi connectivity index (χ0) is 9.03. The van der Waals surface area contributed by atoms with Crippen molar-refractivity contribution in [2.75, 3.05) is 13.7 Å². The van der Waals surface area contributed by atoms with Crippen molar-refractivity contribution in [1.82, 2.24) is 5.32 Å². The first kappa shape index (κ1) is 9.50. The molecule has 1 fully saturated rings. The standard InChI is InChI=1S/C9H16N2O/c1-3-4-11-9(7-10)5-8(6-9)12-2/h8,11H,3-6H2,1-2H3. The molecule has 0 spiro atoms. The van der Waals surface area contributed by atoms with Crippen molar-refractivity contribution in [2.45, 2.75) is 37.8 Å². The van der Waals surface area contributed by atoms with Gasteiger partial charge in [-0.25, -0.2) is 0 Å². The summed E-state index contributed by atoms with van der Waals surface area (Å²) in [5, 5.41) is 12.2. The molecule has 1 saturated carbocycles. The van der Waals surface area contributed by atoms with Crippen LogP contribution in [0.25, 0.3) is 0 Å². The largest absolute Gasteiger partial charge is 0.381 e. The van der Waals surface area contributed by atoms with Gasteiger partial charge in [0.15, 0.2) is 0 Å². The van der Waals surface area contributed by atoms with Crippen LogP contribution in [0.2, 0.25) is 0 Å². The Morgan fingerprint density at radius 3 is 2.75 bits per heavy atom. The molecule has 0 aromatic carbocycles. The molecule has 12 heavy (non-hydrogen) atoms. The predicted octanol–water partition coefficient (Wildman–Crippen LogP) is 1.06. The van der Waals surface area contributed by atoms with Gasteiger partial charge in [-0.15, -0.1) is 0 Å². The molecule has 3 heteroatoms. The molecule has 1 N–H and O–H groups in total. The Hall–Kier alpha value is -0.590. The minimum atomic E-state index is -0.281. The number of ether oxygens (including phenoxy) is 1. The molecule has 1 aliphatic carbocycles. The normalized spacial score (nSPS) is 33.9. The van der Waals surface area contributed by atoms with Crippen molar-refractivity contribution in [3.05, 3.63) is 0 Å². The third kappa shape index (κ3) is 1.77. The highest BCUT2D eigenvalue weighted by atomic mass is 16.5. The lowest BCUT2D eigenvalue weighted by atomic mass is 9.75. The van der Waals surface area contributed by atoms with Crippen molar-refractivity contribution in [1.29, 1.82) is 5.26 Å². The highest BCUT2D eigenvalue weighted by molar-refractivity contribution is 5.16. The number of rotatable bonds is 4. The fourth-order valence-electron chi connectivity index (χ4n) is 1.52. The van der Waals surface area contributed by atoms with E-state index in [4.69, 9.17) is 10.00 Å². The lowest BCUT2D eigenvalue weighted by Gasteiger charge is -2.42. The zero-order valence-electron chi connectivity index (χ0n) is 7.76. The van der Waals surface area contributed by atoms with Gasteiger partial charge in [-0.3, -0.25) is 5.32 Å². The summed E-state index contributed by atoms with van der Waals surface area (Å²) < 4.78 is 5.13. The van der Waals surface area contributed by atoms with Gasteiger partial charge in [0.25, 0.3) is 0 Å². The van der Waals surface area contributed by atoms with Gasteiger partial charge in [0.05, 0.1) is 12.2 Å². The van der Waals surface area contributed by atoms with Crippen LogP contribution < -0.4 is 5.32 Å². The summed E-state index contributed by atoms with van der Waals surface area (Å²) in [4.78, 5) is 0. The van der Waals surface area contributed by atoms with Gasteiger partial charge in [0, 0.05) is 20.0 Å². The third-order valence-electron chi connectivity index (χ3n) is 2.41. The van der Waals surface area contributed by atoms with E-state index in [1.54, 1.807) is 7.11 Å². The van der Waals surface area contributed by atoms with Gasteiger partial charge in [-0.1, -0.05) is 6.92 Å². The molecule has 0 aliphatic heterocycles. The Kier molecular flexibility index (Phi) is 3.07. The summed E-state index contributed by atoms with van der Waals surface area (Å²) in [6, 6.07) is 2.32. The average molecular weight is 168 g/mol. The van der Waals surface area contributed by atoms with Gasteiger partial charge >= 0.3 is 0 Å². The van der Waals surface area contributed by atoms with Gasteiger partial charge in [0.1, 0.15) is 5.54 Å². The Morgan fingerprint density at radius 1 is 1.67 bits per heavy atom. The predicted molar refractivity (Wildman–Crippen MR) is 46.7 cm³/mol. The Bertz CT molecular complexity index is 174. The van der Waals surface area contributed by atoms with E-state index in [2.05, 4.69) is 18.3 Å². The number of hydrogen-bond acceptors (Lipinski definition) is 3. The fourth-order valence-corrected chi connectivity index (χ4v) is 1.52. The van der Waals surface area contributed by atoms with Crippen LogP contribution >= 0.6 is 0 Å². The van der Waals surface area contributed by atoms with Crippen LogP contribution in [-0.4, -0.2) is 25.3 Å². The maximum Gasteiger partial charge on any atom is 0.111 e. The first-order valence-electron chi connectivity index (χ1n) is 4.45. The molecule has 3 nitrogen and oxygen atoms in total. The number of nitrogens with one attached hydrogen (secondary N) is 1. The summed E-state index contributed by atoms with van der Waals surface area (Å²) in [5.74, 6) is 0. The van der Waals surface area contributed by atoms with Crippen molar-refractivity contribution < 1.29 is 4.74 Å². The second-order valence-corrected chi connectivity index (χ2v) is 3.39. The van der Waals surface area contributed by atoms with Crippen molar-refractivity contribution in [3.63, 3.8) is 0 Å². The average Bonchev–Trinajstić information content (AvgIpc) is 2.04. The van der Waals surface area contributed by atoms with E-state index >= 15 is 0 Å². The van der Waals surface area contributed by atoms with E-state index in [9.17, 15) is 0 Å². The number of nitrogens with zero attached hydrogens (tertiary/aromatic N) is 1. The minimum absolute atomic E-state index is 0.281. The summed E-state index contributed by atoms with van der Waals surface area (Å²) in [5.41, 5.74) is -0.281. The Labute approximate surface area is 73.7 Å². The van der Waals surface area contributed by atoms with Gasteiger partial charge < -0.3 is 4.74 Å². The fraction of sp³-hybridized carbons (Fsp3) is 0.889.